The van der Waals surface area contributed by atoms with Gasteiger partial charge in [-0.25, -0.2) is 4.57 Å². The van der Waals surface area contributed by atoms with Crippen molar-refractivity contribution in [3.63, 3.8) is 0 Å². The molecule has 0 aromatic rings. The Morgan fingerprint density at radius 3 is 1.94 bits per heavy atom. The largest absolute Gasteiger partial charge is 0.472 e. The maximum absolute atomic E-state index is 12.5. The van der Waals surface area contributed by atoms with E-state index in [9.17, 15) is 24.2 Å². The maximum Gasteiger partial charge on any atom is 0.472 e. The van der Waals surface area contributed by atoms with Gasteiger partial charge in [-0.1, -0.05) is 140 Å². The Hall–Kier alpha value is -2.07. The third kappa shape index (κ3) is 34.4. The Morgan fingerprint density at radius 2 is 1.28 bits per heavy atom. The molecule has 0 aromatic carbocycles. The van der Waals surface area contributed by atoms with Gasteiger partial charge in [0.05, 0.1) is 19.3 Å². The van der Waals surface area contributed by atoms with Crippen LogP contribution in [0.4, 0.5) is 0 Å². The van der Waals surface area contributed by atoms with E-state index >= 15 is 0 Å². The molecule has 0 bridgehead atoms. The number of ether oxygens (including phenoxy) is 2. The van der Waals surface area contributed by atoms with E-state index in [-0.39, 0.29) is 32.6 Å². The van der Waals surface area contributed by atoms with Gasteiger partial charge < -0.3 is 25.2 Å². The lowest BCUT2D eigenvalue weighted by molar-refractivity contribution is -0.161. The number of rotatable bonds is 35. The first-order valence-corrected chi connectivity index (χ1v) is 20.7. The van der Waals surface area contributed by atoms with Crippen LogP contribution in [-0.2, 0) is 32.7 Å². The molecule has 290 valence electrons. The summed E-state index contributed by atoms with van der Waals surface area (Å²) < 4.78 is 32.5. The molecule has 0 spiro atoms. The summed E-state index contributed by atoms with van der Waals surface area (Å²) in [5, 5.41) is 10.2. The number of phosphoric ester groups is 1. The van der Waals surface area contributed by atoms with E-state index < -0.39 is 38.6 Å². The number of aliphatic hydroxyl groups excluding tert-OH is 1. The molecule has 0 aromatic heterocycles. The average Bonchev–Trinajstić information content (AvgIpc) is 3.09. The van der Waals surface area contributed by atoms with Crippen LogP contribution in [0.15, 0.2) is 48.6 Å². The molecule has 0 aliphatic carbocycles. The molecule has 0 saturated carbocycles. The molecule has 0 aliphatic rings. The molecule has 0 radical (unpaired) electrons. The lowest BCUT2D eigenvalue weighted by Gasteiger charge is -2.20. The second-order valence-corrected chi connectivity index (χ2v) is 14.1. The minimum absolute atomic E-state index is 0.00221. The SMILES string of the molecule is CCCCC/C=C\C/C=C\C/C=C\C=C\[C@H](O)CCCC(=O)O[C@H](COC(=O)CCCCCCCCCCCCC)COP(=O)(O)OCCN. The summed E-state index contributed by atoms with van der Waals surface area (Å²) in [7, 11) is -4.42. The first kappa shape index (κ1) is 47.9. The Morgan fingerprint density at radius 1 is 0.700 bits per heavy atom. The molecular formula is C39H70NO9P. The monoisotopic (exact) mass is 727 g/mol. The summed E-state index contributed by atoms with van der Waals surface area (Å²) >= 11 is 0. The predicted molar refractivity (Wildman–Crippen MR) is 202 cm³/mol. The number of allylic oxidation sites excluding steroid dienone is 7. The van der Waals surface area contributed by atoms with Crippen LogP contribution in [0.3, 0.4) is 0 Å². The van der Waals surface area contributed by atoms with E-state index in [4.69, 9.17) is 24.3 Å². The van der Waals surface area contributed by atoms with Crippen molar-refractivity contribution in [3.05, 3.63) is 48.6 Å². The zero-order valence-corrected chi connectivity index (χ0v) is 32.1. The van der Waals surface area contributed by atoms with Crippen LogP contribution in [0.25, 0.3) is 0 Å². The highest BCUT2D eigenvalue weighted by Gasteiger charge is 2.26. The molecule has 0 fully saturated rings. The zero-order valence-electron chi connectivity index (χ0n) is 31.2. The van der Waals surface area contributed by atoms with Crippen molar-refractivity contribution >= 4 is 19.8 Å². The highest BCUT2D eigenvalue weighted by atomic mass is 31.2. The number of unbranched alkanes of at least 4 members (excludes halogenated alkanes) is 13. The number of hydrogen-bond acceptors (Lipinski definition) is 9. The van der Waals surface area contributed by atoms with Crippen LogP contribution in [0.2, 0.25) is 0 Å². The van der Waals surface area contributed by atoms with Crippen molar-refractivity contribution < 1.29 is 42.7 Å². The quantitative estimate of drug-likeness (QED) is 0.0189. The first-order chi connectivity index (χ1) is 24.2. The highest BCUT2D eigenvalue weighted by Crippen LogP contribution is 2.43. The summed E-state index contributed by atoms with van der Waals surface area (Å²) in [6.45, 7) is 3.44. The summed E-state index contributed by atoms with van der Waals surface area (Å²) in [5.41, 5.74) is 5.32. The van der Waals surface area contributed by atoms with Gasteiger partial charge >= 0.3 is 19.8 Å². The molecule has 0 amide bonds. The maximum atomic E-state index is 12.5. The summed E-state index contributed by atoms with van der Waals surface area (Å²) in [6, 6.07) is 0. The van der Waals surface area contributed by atoms with Crippen LogP contribution in [0.5, 0.6) is 0 Å². The van der Waals surface area contributed by atoms with Gasteiger partial charge in [-0.05, 0) is 44.9 Å². The molecule has 11 heteroatoms. The fourth-order valence-corrected chi connectivity index (χ4v) is 5.68. The molecule has 3 atom stereocenters. The van der Waals surface area contributed by atoms with Crippen LogP contribution < -0.4 is 5.73 Å². The Balaban J connectivity index is 4.45. The lowest BCUT2D eigenvalue weighted by atomic mass is 10.1. The second kappa shape index (κ2) is 35.3. The van der Waals surface area contributed by atoms with E-state index in [0.717, 1.165) is 38.5 Å². The topological polar surface area (TPSA) is 155 Å². The highest BCUT2D eigenvalue weighted by molar-refractivity contribution is 7.47. The minimum atomic E-state index is -4.42. The van der Waals surface area contributed by atoms with Crippen molar-refractivity contribution in [2.45, 2.75) is 161 Å². The molecule has 1 unspecified atom stereocenters. The third-order valence-corrected chi connectivity index (χ3v) is 8.81. The fourth-order valence-electron chi connectivity index (χ4n) is 4.91. The molecule has 0 saturated heterocycles. The minimum Gasteiger partial charge on any atom is -0.462 e. The van der Waals surface area contributed by atoms with Crippen LogP contribution in [0, 0.1) is 0 Å². The Bertz CT molecular complexity index is 983. The predicted octanol–water partition coefficient (Wildman–Crippen LogP) is 9.35. The van der Waals surface area contributed by atoms with Gasteiger partial charge in [0.2, 0.25) is 0 Å². The van der Waals surface area contributed by atoms with Crippen molar-refractivity contribution in [3.8, 4) is 0 Å². The molecule has 4 N–H and O–H groups in total. The number of hydrogen-bond donors (Lipinski definition) is 3. The average molecular weight is 728 g/mol. The summed E-state index contributed by atoms with van der Waals surface area (Å²) in [5.74, 6) is -1.03. The van der Waals surface area contributed by atoms with E-state index in [0.29, 0.717) is 19.3 Å². The Labute approximate surface area is 303 Å². The Kier molecular flexibility index (Phi) is 33.9. The standard InChI is InChI=1S/C39H70NO9P/c1-3-5-7-9-11-13-15-16-18-19-21-23-25-28-36(41)29-27-31-39(43)49-37(35-48-50(44,45)47-33-32-40)34-46-38(42)30-26-24-22-20-17-14-12-10-8-6-4-2/h11,13,16,18,21,23,25,28,36-37,41H,3-10,12,14-15,17,19-20,22,24,26-27,29-35,40H2,1-2H3,(H,44,45)/b13-11-,18-16-,23-21-,28-25+/t36-,37+/m0/s1. The molecule has 0 heterocycles. The third-order valence-electron chi connectivity index (χ3n) is 7.82. The van der Waals surface area contributed by atoms with Crippen molar-refractivity contribution in [2.24, 2.45) is 5.73 Å². The number of carbonyl (C=O) groups excluding carboxylic acids is 2. The second-order valence-electron chi connectivity index (χ2n) is 12.6. The summed E-state index contributed by atoms with van der Waals surface area (Å²) in [4.78, 5) is 34.7. The van der Waals surface area contributed by atoms with Gasteiger partial charge in [0.1, 0.15) is 6.61 Å². The van der Waals surface area contributed by atoms with Crippen molar-refractivity contribution in [2.75, 3.05) is 26.4 Å². The molecule has 0 aliphatic heterocycles. The number of phosphoric acid groups is 1. The van der Waals surface area contributed by atoms with E-state index in [2.05, 4.69) is 38.2 Å². The summed E-state index contributed by atoms with van der Waals surface area (Å²) in [6.07, 6.45) is 34.6. The van der Waals surface area contributed by atoms with Crippen LogP contribution in [0.1, 0.15) is 149 Å². The molecule has 50 heavy (non-hydrogen) atoms. The number of nitrogens with two attached hydrogens (primary N) is 1. The molecule has 10 nitrogen and oxygen atoms in total. The number of esters is 2. The van der Waals surface area contributed by atoms with Crippen molar-refractivity contribution in [1.29, 1.82) is 0 Å². The van der Waals surface area contributed by atoms with E-state index in [1.807, 2.05) is 12.2 Å². The van der Waals surface area contributed by atoms with Crippen LogP contribution >= 0.6 is 7.82 Å². The van der Waals surface area contributed by atoms with Crippen LogP contribution in [-0.4, -0.2) is 60.5 Å². The fraction of sp³-hybridized carbons (Fsp3) is 0.744. The molecule has 0 rings (SSSR count). The van der Waals surface area contributed by atoms with E-state index in [1.54, 1.807) is 12.2 Å². The van der Waals surface area contributed by atoms with E-state index in [1.165, 1.54) is 64.2 Å². The smallest absolute Gasteiger partial charge is 0.462 e. The number of carbonyl (C=O) groups is 2. The van der Waals surface area contributed by atoms with Crippen molar-refractivity contribution in [1.82, 2.24) is 0 Å². The van der Waals surface area contributed by atoms with Gasteiger partial charge in [0, 0.05) is 19.4 Å². The lowest BCUT2D eigenvalue weighted by Crippen LogP contribution is -2.29. The number of aliphatic hydroxyl groups is 1. The molecular weight excluding hydrogens is 657 g/mol. The van der Waals surface area contributed by atoms with Gasteiger partial charge in [-0.3, -0.25) is 18.6 Å². The zero-order chi connectivity index (χ0) is 37.0. The first-order valence-electron chi connectivity index (χ1n) is 19.2. The van der Waals surface area contributed by atoms with Gasteiger partial charge in [0.25, 0.3) is 0 Å². The van der Waals surface area contributed by atoms with Gasteiger partial charge in [0.15, 0.2) is 6.10 Å². The van der Waals surface area contributed by atoms with Gasteiger partial charge in [-0.2, -0.15) is 0 Å². The normalized spacial score (nSPS) is 14.6. The van der Waals surface area contributed by atoms with Gasteiger partial charge in [-0.15, -0.1) is 0 Å².